The standard InChI is InChI=1S/C33H31N3O5/c1-33(2)26-17-25(35-18-24(19-35)31(37)38)13-14-27(26)36(32(33)39)28-15-16-29(40-20-22-9-5-3-6-10-22)34-30(28)41-21-23-11-7-4-8-12-23/h3-17,24H,18-21H2,1-2H3,(H,37,38). The molecule has 0 spiro atoms. The first-order valence-electron chi connectivity index (χ1n) is 13.6. The Hall–Kier alpha value is -4.85. The second-order valence-corrected chi connectivity index (χ2v) is 10.9. The number of carboxylic acids is 1. The smallest absolute Gasteiger partial charge is 0.310 e. The average molecular weight is 550 g/mol. The molecule has 0 radical (unpaired) electrons. The lowest BCUT2D eigenvalue weighted by Crippen LogP contribution is -2.50. The van der Waals surface area contributed by atoms with Crippen LogP contribution in [0.15, 0.2) is 91.0 Å². The summed E-state index contributed by atoms with van der Waals surface area (Å²) >= 11 is 0. The number of aromatic nitrogens is 1. The molecular formula is C33H31N3O5. The number of aliphatic carboxylic acids is 1. The van der Waals surface area contributed by atoms with Gasteiger partial charge in [0.25, 0.3) is 0 Å². The maximum atomic E-state index is 13.9. The summed E-state index contributed by atoms with van der Waals surface area (Å²) in [5.74, 6) is -0.551. The number of rotatable bonds is 9. The van der Waals surface area contributed by atoms with Crippen LogP contribution in [0.1, 0.15) is 30.5 Å². The van der Waals surface area contributed by atoms with E-state index in [1.165, 1.54) is 0 Å². The Morgan fingerprint density at radius 3 is 2.12 bits per heavy atom. The van der Waals surface area contributed by atoms with E-state index in [9.17, 15) is 14.7 Å². The summed E-state index contributed by atoms with van der Waals surface area (Å²) in [6.45, 7) is 5.36. The highest BCUT2D eigenvalue weighted by Crippen LogP contribution is 2.49. The summed E-state index contributed by atoms with van der Waals surface area (Å²) in [5, 5.41) is 9.28. The number of benzene rings is 3. The Kier molecular flexibility index (Phi) is 6.83. The highest BCUT2D eigenvalue weighted by molar-refractivity contribution is 6.13. The van der Waals surface area contributed by atoms with Gasteiger partial charge in [0, 0.05) is 24.8 Å². The molecule has 1 saturated heterocycles. The van der Waals surface area contributed by atoms with E-state index in [-0.39, 0.29) is 18.4 Å². The van der Waals surface area contributed by atoms with Gasteiger partial charge < -0.3 is 19.5 Å². The van der Waals surface area contributed by atoms with Gasteiger partial charge in [-0.05, 0) is 54.8 Å². The van der Waals surface area contributed by atoms with E-state index in [0.717, 1.165) is 28.1 Å². The van der Waals surface area contributed by atoms with Crippen molar-refractivity contribution in [3.63, 3.8) is 0 Å². The van der Waals surface area contributed by atoms with Gasteiger partial charge in [0.2, 0.25) is 17.7 Å². The molecule has 41 heavy (non-hydrogen) atoms. The molecule has 8 nitrogen and oxygen atoms in total. The van der Waals surface area contributed by atoms with Crippen LogP contribution in [0.25, 0.3) is 0 Å². The molecular weight excluding hydrogens is 518 g/mol. The summed E-state index contributed by atoms with van der Waals surface area (Å²) in [6.07, 6.45) is 0. The van der Waals surface area contributed by atoms with Crippen LogP contribution in [0.2, 0.25) is 0 Å². The van der Waals surface area contributed by atoms with Gasteiger partial charge in [0.05, 0.1) is 17.0 Å². The number of nitrogens with zero attached hydrogens (tertiary/aromatic N) is 3. The number of ether oxygens (including phenoxy) is 2. The third kappa shape index (κ3) is 5.09. The van der Waals surface area contributed by atoms with Crippen LogP contribution in [0, 0.1) is 5.92 Å². The predicted octanol–water partition coefficient (Wildman–Crippen LogP) is 5.72. The molecule has 2 aliphatic heterocycles. The van der Waals surface area contributed by atoms with E-state index < -0.39 is 11.4 Å². The largest absolute Gasteiger partial charge is 0.481 e. The van der Waals surface area contributed by atoms with Crippen molar-refractivity contribution in [2.75, 3.05) is 22.9 Å². The second kappa shape index (κ2) is 10.6. The second-order valence-electron chi connectivity index (χ2n) is 10.9. The van der Waals surface area contributed by atoms with Gasteiger partial charge in [-0.15, -0.1) is 0 Å². The van der Waals surface area contributed by atoms with E-state index in [2.05, 4.69) is 0 Å². The maximum absolute atomic E-state index is 13.9. The number of amides is 1. The van der Waals surface area contributed by atoms with Gasteiger partial charge in [-0.25, -0.2) is 0 Å². The predicted molar refractivity (Wildman–Crippen MR) is 156 cm³/mol. The van der Waals surface area contributed by atoms with E-state index in [0.29, 0.717) is 37.1 Å². The molecule has 1 N–H and O–H groups in total. The maximum Gasteiger partial charge on any atom is 0.310 e. The lowest BCUT2D eigenvalue weighted by atomic mass is 9.85. The molecule has 8 heteroatoms. The van der Waals surface area contributed by atoms with Crippen LogP contribution in [0.4, 0.5) is 17.1 Å². The first-order chi connectivity index (χ1) is 19.8. The molecule has 4 aromatic rings. The van der Waals surface area contributed by atoms with Crippen molar-refractivity contribution < 1.29 is 24.2 Å². The molecule has 0 saturated carbocycles. The molecule has 0 unspecified atom stereocenters. The lowest BCUT2D eigenvalue weighted by molar-refractivity contribution is -0.142. The molecule has 208 valence electrons. The first kappa shape index (κ1) is 26.4. The minimum absolute atomic E-state index is 0.0963. The first-order valence-corrected chi connectivity index (χ1v) is 13.6. The topological polar surface area (TPSA) is 92.2 Å². The molecule has 0 aliphatic carbocycles. The highest BCUT2D eigenvalue weighted by Gasteiger charge is 2.46. The molecule has 2 aliphatic rings. The Morgan fingerprint density at radius 2 is 1.49 bits per heavy atom. The van der Waals surface area contributed by atoms with Gasteiger partial charge in [-0.2, -0.15) is 4.98 Å². The number of carboxylic acid groups (broad SMARTS) is 1. The molecule has 3 heterocycles. The summed E-state index contributed by atoms with van der Waals surface area (Å²) in [7, 11) is 0. The SMILES string of the molecule is CC1(C)C(=O)N(c2ccc(OCc3ccccc3)nc2OCc2ccccc2)c2ccc(N3CC(C(=O)O)C3)cc21. The van der Waals surface area contributed by atoms with E-state index in [1.807, 2.05) is 104 Å². The van der Waals surface area contributed by atoms with E-state index in [4.69, 9.17) is 14.5 Å². The number of carbonyl (C=O) groups excluding carboxylic acids is 1. The van der Waals surface area contributed by atoms with Crippen LogP contribution < -0.4 is 19.3 Å². The van der Waals surface area contributed by atoms with Crippen LogP contribution in [0.5, 0.6) is 11.8 Å². The fraction of sp³-hybridized carbons (Fsp3) is 0.242. The fourth-order valence-corrected chi connectivity index (χ4v) is 5.24. The zero-order valence-electron chi connectivity index (χ0n) is 23.0. The zero-order chi connectivity index (χ0) is 28.6. The minimum atomic E-state index is -0.804. The van der Waals surface area contributed by atoms with Gasteiger partial charge >= 0.3 is 5.97 Å². The summed E-state index contributed by atoms with van der Waals surface area (Å²) in [6, 6.07) is 29.1. The summed E-state index contributed by atoms with van der Waals surface area (Å²) < 4.78 is 12.2. The van der Waals surface area contributed by atoms with Gasteiger partial charge in [0.15, 0.2) is 0 Å². The van der Waals surface area contributed by atoms with Crippen LogP contribution in [-0.2, 0) is 28.2 Å². The minimum Gasteiger partial charge on any atom is -0.481 e. The van der Waals surface area contributed by atoms with Crippen molar-refractivity contribution in [2.24, 2.45) is 5.92 Å². The molecule has 3 aromatic carbocycles. The zero-order valence-corrected chi connectivity index (χ0v) is 23.0. The van der Waals surface area contributed by atoms with E-state index in [1.54, 1.807) is 11.0 Å². The van der Waals surface area contributed by atoms with Crippen molar-refractivity contribution >= 4 is 28.9 Å². The monoisotopic (exact) mass is 549 g/mol. The summed E-state index contributed by atoms with van der Waals surface area (Å²) in [4.78, 5) is 33.6. The van der Waals surface area contributed by atoms with Crippen LogP contribution in [-0.4, -0.2) is 35.1 Å². The number of carbonyl (C=O) groups is 2. The Bertz CT molecular complexity index is 1580. The number of anilines is 3. The van der Waals surface area contributed by atoms with Crippen LogP contribution in [0.3, 0.4) is 0 Å². The van der Waals surface area contributed by atoms with Crippen molar-refractivity contribution in [2.45, 2.75) is 32.5 Å². The highest BCUT2D eigenvalue weighted by atomic mass is 16.5. The quantitative estimate of drug-likeness (QED) is 0.286. The Balaban J connectivity index is 1.33. The molecule has 0 atom stereocenters. The Labute approximate surface area is 238 Å². The number of pyridine rings is 1. The van der Waals surface area contributed by atoms with Crippen molar-refractivity contribution in [3.05, 3.63) is 108 Å². The lowest BCUT2D eigenvalue weighted by Gasteiger charge is -2.39. The van der Waals surface area contributed by atoms with Crippen molar-refractivity contribution in [1.82, 2.24) is 4.98 Å². The van der Waals surface area contributed by atoms with Gasteiger partial charge in [-0.3, -0.25) is 14.5 Å². The Morgan fingerprint density at radius 1 is 0.878 bits per heavy atom. The molecule has 0 bridgehead atoms. The molecule has 1 fully saturated rings. The molecule has 1 aromatic heterocycles. The fourth-order valence-electron chi connectivity index (χ4n) is 5.24. The number of hydrogen-bond donors (Lipinski definition) is 1. The molecule has 1 amide bonds. The van der Waals surface area contributed by atoms with Crippen molar-refractivity contribution in [3.8, 4) is 11.8 Å². The van der Waals surface area contributed by atoms with Crippen molar-refractivity contribution in [1.29, 1.82) is 0 Å². The third-order valence-corrected chi connectivity index (χ3v) is 7.73. The normalized spacial score (nSPS) is 15.8. The van der Waals surface area contributed by atoms with Gasteiger partial charge in [-0.1, -0.05) is 60.7 Å². The number of hydrogen-bond acceptors (Lipinski definition) is 6. The number of fused-ring (bicyclic) bond motifs is 1. The van der Waals surface area contributed by atoms with Crippen LogP contribution >= 0.6 is 0 Å². The third-order valence-electron chi connectivity index (χ3n) is 7.73. The van der Waals surface area contributed by atoms with Gasteiger partial charge in [0.1, 0.15) is 18.9 Å². The molecule has 6 rings (SSSR count). The van der Waals surface area contributed by atoms with E-state index >= 15 is 0 Å². The summed E-state index contributed by atoms with van der Waals surface area (Å²) in [5.41, 5.74) is 4.26. The average Bonchev–Trinajstić information content (AvgIpc) is 3.15.